The Morgan fingerprint density at radius 2 is 1.14 bits per heavy atom. The van der Waals surface area contributed by atoms with Gasteiger partial charge in [-0.05, 0) is 12.1 Å². The summed E-state index contributed by atoms with van der Waals surface area (Å²) in [5.74, 6) is 0. The van der Waals surface area contributed by atoms with Crippen LogP contribution in [0.1, 0.15) is 0 Å². The summed E-state index contributed by atoms with van der Waals surface area (Å²) in [6.07, 6.45) is 3.47. The molecule has 2 heterocycles. The van der Waals surface area contributed by atoms with Gasteiger partial charge >= 0.3 is 0 Å². The van der Waals surface area contributed by atoms with E-state index in [9.17, 15) is 9.59 Å². The maximum Gasteiger partial charge on any atom is 0.250 e. The molecule has 118 valence electrons. The lowest BCUT2D eigenvalue weighted by Gasteiger charge is -2.08. The third-order valence-electron chi connectivity index (χ3n) is 3.12. The summed E-state index contributed by atoms with van der Waals surface area (Å²) in [6, 6.07) is 10.1. The van der Waals surface area contributed by atoms with Crippen molar-refractivity contribution in [1.82, 2.24) is 9.13 Å². The monoisotopic (exact) mass is 304 g/mol. The second-order valence-corrected chi connectivity index (χ2v) is 4.69. The molecular formula is C16H20N2O4. The van der Waals surface area contributed by atoms with E-state index >= 15 is 0 Å². The van der Waals surface area contributed by atoms with Gasteiger partial charge in [0.2, 0.25) is 0 Å². The summed E-state index contributed by atoms with van der Waals surface area (Å²) in [5, 5.41) is 0. The molecule has 22 heavy (non-hydrogen) atoms. The summed E-state index contributed by atoms with van der Waals surface area (Å²) in [7, 11) is 0. The van der Waals surface area contributed by atoms with Gasteiger partial charge in [-0.15, -0.1) is 0 Å². The Kier molecular flexibility index (Phi) is 6.60. The molecule has 0 radical (unpaired) electrons. The van der Waals surface area contributed by atoms with Crippen LogP contribution in [0, 0.1) is 0 Å². The summed E-state index contributed by atoms with van der Waals surface area (Å²) in [5.41, 5.74) is -0.0636. The molecule has 0 aromatic carbocycles. The standard InChI is InChI=1S/C16H20N2O4/c19-15-5-1-3-7-17(15)9-11-21-13-14-22-12-10-18-8-4-2-6-16(18)20/h1-8H,9-14H2. The predicted octanol–water partition coefficient (Wildman–Crippen LogP) is 0.743. The average Bonchev–Trinajstić information content (AvgIpc) is 2.53. The highest BCUT2D eigenvalue weighted by molar-refractivity contribution is 4.93. The quantitative estimate of drug-likeness (QED) is 0.641. The normalized spacial score (nSPS) is 10.7. The lowest BCUT2D eigenvalue weighted by Crippen LogP contribution is -2.22. The van der Waals surface area contributed by atoms with Crippen molar-refractivity contribution < 1.29 is 9.47 Å². The van der Waals surface area contributed by atoms with Crippen LogP contribution in [0.15, 0.2) is 58.4 Å². The first kappa shape index (κ1) is 16.2. The van der Waals surface area contributed by atoms with Crippen LogP contribution in [-0.2, 0) is 22.6 Å². The van der Waals surface area contributed by atoms with Crippen LogP contribution in [0.4, 0.5) is 0 Å². The first-order chi connectivity index (χ1) is 10.8. The van der Waals surface area contributed by atoms with E-state index in [4.69, 9.17) is 9.47 Å². The first-order valence-electron chi connectivity index (χ1n) is 7.24. The van der Waals surface area contributed by atoms with Gasteiger partial charge < -0.3 is 18.6 Å². The van der Waals surface area contributed by atoms with Gasteiger partial charge in [0.05, 0.1) is 26.4 Å². The highest BCUT2D eigenvalue weighted by Gasteiger charge is 1.96. The van der Waals surface area contributed by atoms with E-state index < -0.39 is 0 Å². The smallest absolute Gasteiger partial charge is 0.250 e. The fraction of sp³-hybridized carbons (Fsp3) is 0.375. The molecule has 0 aliphatic heterocycles. The summed E-state index contributed by atoms with van der Waals surface area (Å²) in [4.78, 5) is 22.9. The van der Waals surface area contributed by atoms with Crippen LogP contribution >= 0.6 is 0 Å². The van der Waals surface area contributed by atoms with Crippen molar-refractivity contribution in [3.8, 4) is 0 Å². The third kappa shape index (κ3) is 5.31. The Labute approximate surface area is 128 Å². The predicted molar refractivity (Wildman–Crippen MR) is 83.0 cm³/mol. The molecule has 0 unspecified atom stereocenters. The summed E-state index contributed by atoms with van der Waals surface area (Å²) < 4.78 is 14.0. The SMILES string of the molecule is O=c1ccccn1CCOCCOCCn1ccccc1=O. The van der Waals surface area contributed by atoms with Gasteiger partial charge in [0.15, 0.2) is 0 Å². The molecule has 6 heteroatoms. The largest absolute Gasteiger partial charge is 0.377 e. The van der Waals surface area contributed by atoms with Gasteiger partial charge in [0.25, 0.3) is 11.1 Å². The fourth-order valence-electron chi connectivity index (χ4n) is 1.94. The first-order valence-corrected chi connectivity index (χ1v) is 7.24. The Balaban J connectivity index is 1.53. The van der Waals surface area contributed by atoms with Gasteiger partial charge in [-0.3, -0.25) is 9.59 Å². The minimum atomic E-state index is -0.0318. The Morgan fingerprint density at radius 1 is 0.682 bits per heavy atom. The van der Waals surface area contributed by atoms with Gasteiger partial charge in [0.1, 0.15) is 0 Å². The molecule has 0 aliphatic carbocycles. The second-order valence-electron chi connectivity index (χ2n) is 4.69. The van der Waals surface area contributed by atoms with E-state index in [1.165, 1.54) is 12.1 Å². The Morgan fingerprint density at radius 3 is 1.55 bits per heavy atom. The number of nitrogens with zero attached hydrogens (tertiary/aromatic N) is 2. The molecule has 0 spiro atoms. The minimum Gasteiger partial charge on any atom is -0.377 e. The molecule has 0 atom stereocenters. The molecule has 0 aliphatic rings. The van der Waals surface area contributed by atoms with Gasteiger partial charge in [-0.25, -0.2) is 0 Å². The molecule has 0 bridgehead atoms. The molecule has 2 aromatic rings. The molecule has 2 rings (SSSR count). The molecular weight excluding hydrogens is 284 g/mol. The van der Waals surface area contributed by atoms with Crippen LogP contribution in [-0.4, -0.2) is 35.6 Å². The van der Waals surface area contributed by atoms with Gasteiger partial charge in [0, 0.05) is 37.6 Å². The van der Waals surface area contributed by atoms with Crippen molar-refractivity contribution in [2.24, 2.45) is 0 Å². The van der Waals surface area contributed by atoms with Crippen molar-refractivity contribution in [2.75, 3.05) is 26.4 Å². The Bertz CT molecular complexity index is 618. The van der Waals surface area contributed by atoms with Crippen LogP contribution in [0.2, 0.25) is 0 Å². The van der Waals surface area contributed by atoms with Gasteiger partial charge in [-0.2, -0.15) is 0 Å². The van der Waals surface area contributed by atoms with E-state index in [1.54, 1.807) is 33.7 Å². The summed E-state index contributed by atoms with van der Waals surface area (Å²) >= 11 is 0. The summed E-state index contributed by atoms with van der Waals surface area (Å²) in [6.45, 7) is 2.91. The third-order valence-corrected chi connectivity index (χ3v) is 3.12. The number of aromatic nitrogens is 2. The second kappa shape index (κ2) is 8.96. The maximum absolute atomic E-state index is 11.4. The minimum absolute atomic E-state index is 0.0318. The van der Waals surface area contributed by atoms with Crippen LogP contribution in [0.25, 0.3) is 0 Å². The zero-order chi connectivity index (χ0) is 15.6. The molecule has 0 saturated heterocycles. The number of hydrogen-bond donors (Lipinski definition) is 0. The Hall–Kier alpha value is -2.18. The molecule has 0 saturated carbocycles. The lowest BCUT2D eigenvalue weighted by molar-refractivity contribution is 0.0416. The number of pyridine rings is 2. The van der Waals surface area contributed by atoms with Crippen molar-refractivity contribution in [3.05, 3.63) is 69.5 Å². The van der Waals surface area contributed by atoms with E-state index in [-0.39, 0.29) is 11.1 Å². The molecule has 6 nitrogen and oxygen atoms in total. The highest BCUT2D eigenvalue weighted by atomic mass is 16.5. The van der Waals surface area contributed by atoms with Crippen molar-refractivity contribution in [1.29, 1.82) is 0 Å². The van der Waals surface area contributed by atoms with E-state index in [0.29, 0.717) is 39.5 Å². The fourth-order valence-corrected chi connectivity index (χ4v) is 1.94. The van der Waals surface area contributed by atoms with Crippen LogP contribution in [0.5, 0.6) is 0 Å². The van der Waals surface area contributed by atoms with Crippen molar-refractivity contribution in [3.63, 3.8) is 0 Å². The van der Waals surface area contributed by atoms with Crippen molar-refractivity contribution >= 4 is 0 Å². The number of rotatable bonds is 9. The topological polar surface area (TPSA) is 62.5 Å². The van der Waals surface area contributed by atoms with Crippen LogP contribution in [0.3, 0.4) is 0 Å². The van der Waals surface area contributed by atoms with E-state index in [2.05, 4.69) is 0 Å². The van der Waals surface area contributed by atoms with E-state index in [0.717, 1.165) is 0 Å². The molecule has 0 amide bonds. The number of hydrogen-bond acceptors (Lipinski definition) is 4. The molecule has 0 fully saturated rings. The van der Waals surface area contributed by atoms with Crippen molar-refractivity contribution in [2.45, 2.75) is 13.1 Å². The van der Waals surface area contributed by atoms with Crippen LogP contribution < -0.4 is 11.1 Å². The molecule has 2 aromatic heterocycles. The average molecular weight is 304 g/mol. The van der Waals surface area contributed by atoms with E-state index in [1.807, 2.05) is 12.1 Å². The van der Waals surface area contributed by atoms with Gasteiger partial charge in [-0.1, -0.05) is 12.1 Å². The number of ether oxygens (including phenoxy) is 2. The lowest BCUT2D eigenvalue weighted by atomic mass is 10.4. The highest BCUT2D eigenvalue weighted by Crippen LogP contribution is 1.87. The zero-order valence-corrected chi connectivity index (χ0v) is 12.4. The maximum atomic E-state index is 11.4. The zero-order valence-electron chi connectivity index (χ0n) is 12.4. The molecule has 0 N–H and O–H groups in total.